The smallest absolute Gasteiger partial charge is 0.270 e. The standard InChI is InChI=1S/C11H13FN2O4/c1-7-5-8(14(17)18)6-9(10(7)12)11(16)13-3-2-4-15/h5-6,15H,2-4H2,1H3,(H,13,16). The number of carbonyl (C=O) groups is 1. The van der Waals surface area contributed by atoms with Crippen LogP contribution in [-0.4, -0.2) is 29.1 Å². The average Bonchev–Trinajstić information content (AvgIpc) is 2.32. The van der Waals surface area contributed by atoms with Gasteiger partial charge in [-0.1, -0.05) is 0 Å². The van der Waals surface area contributed by atoms with Gasteiger partial charge in [0.2, 0.25) is 0 Å². The number of rotatable bonds is 5. The van der Waals surface area contributed by atoms with Crippen molar-refractivity contribution in [2.45, 2.75) is 13.3 Å². The summed E-state index contributed by atoms with van der Waals surface area (Å²) in [7, 11) is 0. The quantitative estimate of drug-likeness (QED) is 0.469. The van der Waals surface area contributed by atoms with Crippen LogP contribution in [0.5, 0.6) is 0 Å². The largest absolute Gasteiger partial charge is 0.396 e. The highest BCUT2D eigenvalue weighted by Gasteiger charge is 2.19. The summed E-state index contributed by atoms with van der Waals surface area (Å²) in [6, 6.07) is 1.97. The highest BCUT2D eigenvalue weighted by molar-refractivity contribution is 5.95. The zero-order valence-corrected chi connectivity index (χ0v) is 9.77. The van der Waals surface area contributed by atoms with Gasteiger partial charge in [-0.05, 0) is 18.9 Å². The number of halogens is 1. The summed E-state index contributed by atoms with van der Waals surface area (Å²) in [5.41, 5.74) is -0.655. The van der Waals surface area contributed by atoms with Crippen molar-refractivity contribution < 1.29 is 19.2 Å². The van der Waals surface area contributed by atoms with Gasteiger partial charge in [-0.2, -0.15) is 0 Å². The molecule has 0 aromatic heterocycles. The first-order valence-electron chi connectivity index (χ1n) is 5.31. The van der Waals surface area contributed by atoms with E-state index < -0.39 is 16.6 Å². The van der Waals surface area contributed by atoms with Gasteiger partial charge in [0.15, 0.2) is 0 Å². The molecule has 0 spiro atoms. The van der Waals surface area contributed by atoms with E-state index in [1.165, 1.54) is 6.92 Å². The lowest BCUT2D eigenvalue weighted by Crippen LogP contribution is -2.26. The number of aliphatic hydroxyl groups excluding tert-OH is 1. The van der Waals surface area contributed by atoms with Crippen LogP contribution in [0.4, 0.5) is 10.1 Å². The SMILES string of the molecule is Cc1cc([N+](=O)[O-])cc(C(=O)NCCCO)c1F. The minimum absolute atomic E-state index is 0.0384. The van der Waals surface area contributed by atoms with E-state index in [1.54, 1.807) is 0 Å². The maximum absolute atomic E-state index is 13.7. The van der Waals surface area contributed by atoms with Crippen molar-refractivity contribution in [2.24, 2.45) is 0 Å². The molecule has 0 heterocycles. The molecule has 1 aromatic rings. The Morgan fingerprint density at radius 2 is 2.22 bits per heavy atom. The number of non-ortho nitro benzene ring substituents is 1. The summed E-state index contributed by atoms with van der Waals surface area (Å²) in [5, 5.41) is 21.5. The molecule has 6 nitrogen and oxygen atoms in total. The normalized spacial score (nSPS) is 10.2. The van der Waals surface area contributed by atoms with Crippen LogP contribution in [0.25, 0.3) is 0 Å². The van der Waals surface area contributed by atoms with E-state index in [1.807, 2.05) is 0 Å². The van der Waals surface area contributed by atoms with E-state index in [0.29, 0.717) is 6.42 Å². The van der Waals surface area contributed by atoms with Gasteiger partial charge >= 0.3 is 0 Å². The number of hydrogen-bond donors (Lipinski definition) is 2. The molecule has 18 heavy (non-hydrogen) atoms. The van der Waals surface area contributed by atoms with Gasteiger partial charge in [0, 0.05) is 25.3 Å². The Kier molecular flexibility index (Phi) is 4.73. The molecule has 0 saturated carbocycles. The fourth-order valence-corrected chi connectivity index (χ4v) is 1.40. The minimum Gasteiger partial charge on any atom is -0.396 e. The lowest BCUT2D eigenvalue weighted by atomic mass is 10.1. The van der Waals surface area contributed by atoms with Gasteiger partial charge in [-0.25, -0.2) is 4.39 Å². The zero-order valence-electron chi connectivity index (χ0n) is 9.77. The average molecular weight is 256 g/mol. The van der Waals surface area contributed by atoms with Crippen molar-refractivity contribution in [3.63, 3.8) is 0 Å². The molecule has 2 N–H and O–H groups in total. The van der Waals surface area contributed by atoms with Crippen molar-refractivity contribution in [1.29, 1.82) is 0 Å². The third-order valence-corrected chi connectivity index (χ3v) is 2.32. The molecule has 0 aliphatic rings. The summed E-state index contributed by atoms with van der Waals surface area (Å²) in [4.78, 5) is 21.5. The summed E-state index contributed by atoms with van der Waals surface area (Å²) in [6.45, 7) is 1.43. The number of nitrogens with zero attached hydrogens (tertiary/aromatic N) is 1. The fourth-order valence-electron chi connectivity index (χ4n) is 1.40. The second kappa shape index (κ2) is 6.06. The van der Waals surface area contributed by atoms with Crippen LogP contribution in [0.3, 0.4) is 0 Å². The first kappa shape index (κ1) is 14.0. The van der Waals surface area contributed by atoms with Crippen molar-refractivity contribution in [1.82, 2.24) is 5.32 Å². The monoisotopic (exact) mass is 256 g/mol. The lowest BCUT2D eigenvalue weighted by molar-refractivity contribution is -0.385. The van der Waals surface area contributed by atoms with Crippen LogP contribution in [0, 0.1) is 22.9 Å². The van der Waals surface area contributed by atoms with Crippen molar-refractivity contribution in [3.8, 4) is 0 Å². The number of amides is 1. The molecule has 0 bridgehead atoms. The van der Waals surface area contributed by atoms with Crippen LogP contribution in [0.2, 0.25) is 0 Å². The maximum Gasteiger partial charge on any atom is 0.270 e. The molecular formula is C11H13FN2O4. The van der Waals surface area contributed by atoms with E-state index in [0.717, 1.165) is 12.1 Å². The van der Waals surface area contributed by atoms with Crippen LogP contribution in [0.15, 0.2) is 12.1 Å². The number of nitrogens with one attached hydrogen (secondary N) is 1. The number of carbonyl (C=O) groups excluding carboxylic acids is 1. The molecular weight excluding hydrogens is 243 g/mol. The number of aliphatic hydroxyl groups is 1. The van der Waals surface area contributed by atoms with E-state index in [-0.39, 0.29) is 30.0 Å². The fraction of sp³-hybridized carbons (Fsp3) is 0.364. The molecule has 0 saturated heterocycles. The third kappa shape index (κ3) is 3.24. The van der Waals surface area contributed by atoms with Crippen LogP contribution in [0.1, 0.15) is 22.3 Å². The summed E-state index contributed by atoms with van der Waals surface area (Å²) >= 11 is 0. The Labute approximate surface area is 103 Å². The van der Waals surface area contributed by atoms with Gasteiger partial charge in [0.25, 0.3) is 11.6 Å². The third-order valence-electron chi connectivity index (χ3n) is 2.32. The van der Waals surface area contributed by atoms with Crippen molar-refractivity contribution >= 4 is 11.6 Å². The predicted octanol–water partition coefficient (Wildman–Crippen LogP) is 1.15. The maximum atomic E-state index is 13.7. The molecule has 0 aliphatic heterocycles. The van der Waals surface area contributed by atoms with Gasteiger partial charge in [0.1, 0.15) is 5.82 Å². The number of benzene rings is 1. The number of aryl methyl sites for hydroxylation is 1. The summed E-state index contributed by atoms with van der Waals surface area (Å²) in [5.74, 6) is -1.50. The first-order valence-corrected chi connectivity index (χ1v) is 5.31. The number of nitro benzene ring substituents is 1. The summed E-state index contributed by atoms with van der Waals surface area (Å²) < 4.78 is 13.7. The molecule has 0 atom stereocenters. The Bertz CT molecular complexity index is 476. The van der Waals surface area contributed by atoms with Crippen LogP contribution >= 0.6 is 0 Å². The first-order chi connectivity index (χ1) is 8.47. The van der Waals surface area contributed by atoms with Gasteiger partial charge < -0.3 is 10.4 Å². The molecule has 1 aromatic carbocycles. The highest BCUT2D eigenvalue weighted by atomic mass is 19.1. The van der Waals surface area contributed by atoms with E-state index >= 15 is 0 Å². The van der Waals surface area contributed by atoms with Gasteiger partial charge in [-0.3, -0.25) is 14.9 Å². The lowest BCUT2D eigenvalue weighted by Gasteiger charge is -2.07. The molecule has 0 fully saturated rings. The topological polar surface area (TPSA) is 92.5 Å². The molecule has 98 valence electrons. The van der Waals surface area contributed by atoms with E-state index in [9.17, 15) is 19.3 Å². The summed E-state index contributed by atoms with van der Waals surface area (Å²) in [6.07, 6.45) is 0.335. The second-order valence-electron chi connectivity index (χ2n) is 3.71. The molecule has 1 amide bonds. The molecule has 0 aliphatic carbocycles. The zero-order chi connectivity index (χ0) is 13.7. The molecule has 0 unspecified atom stereocenters. The van der Waals surface area contributed by atoms with Crippen LogP contribution in [-0.2, 0) is 0 Å². The number of nitro groups is 1. The number of hydrogen-bond acceptors (Lipinski definition) is 4. The highest BCUT2D eigenvalue weighted by Crippen LogP contribution is 2.20. The Morgan fingerprint density at radius 1 is 1.56 bits per heavy atom. The van der Waals surface area contributed by atoms with Crippen LogP contribution < -0.4 is 5.32 Å². The van der Waals surface area contributed by atoms with Gasteiger partial charge in [0.05, 0.1) is 10.5 Å². The molecule has 1 rings (SSSR count). The predicted molar refractivity (Wildman–Crippen MR) is 61.8 cm³/mol. The van der Waals surface area contributed by atoms with E-state index in [4.69, 9.17) is 5.11 Å². The van der Waals surface area contributed by atoms with Gasteiger partial charge in [-0.15, -0.1) is 0 Å². The Hall–Kier alpha value is -2.02. The molecule has 0 radical (unpaired) electrons. The van der Waals surface area contributed by atoms with Crippen molar-refractivity contribution in [2.75, 3.05) is 13.2 Å². The van der Waals surface area contributed by atoms with Crippen molar-refractivity contribution in [3.05, 3.63) is 39.2 Å². The minimum atomic E-state index is -0.776. The second-order valence-corrected chi connectivity index (χ2v) is 3.71. The molecule has 7 heteroatoms. The Balaban J connectivity index is 2.99. The Morgan fingerprint density at radius 3 is 2.78 bits per heavy atom. The van der Waals surface area contributed by atoms with E-state index in [2.05, 4.69) is 5.32 Å².